The van der Waals surface area contributed by atoms with Crippen molar-refractivity contribution >= 4 is 11.7 Å². The Balaban J connectivity index is 1.69. The van der Waals surface area contributed by atoms with Gasteiger partial charge in [0.05, 0.1) is 30.2 Å². The first-order valence-corrected chi connectivity index (χ1v) is 8.31. The van der Waals surface area contributed by atoms with Gasteiger partial charge in [-0.25, -0.2) is 14.5 Å². The first-order chi connectivity index (χ1) is 12.0. The van der Waals surface area contributed by atoms with Crippen molar-refractivity contribution in [2.24, 2.45) is 5.92 Å². The molecule has 2 aromatic heterocycles. The number of hydrogen-bond acceptors (Lipinski definition) is 5. The highest BCUT2D eigenvalue weighted by molar-refractivity contribution is 5.89. The zero-order chi connectivity index (χ0) is 18.0. The quantitative estimate of drug-likeness (QED) is 0.770. The van der Waals surface area contributed by atoms with Gasteiger partial charge >= 0.3 is 6.03 Å². The number of nitrogens with one attached hydrogen (secondary N) is 1. The molecule has 1 aliphatic heterocycles. The lowest BCUT2D eigenvalue weighted by molar-refractivity contribution is 0.166. The summed E-state index contributed by atoms with van der Waals surface area (Å²) in [6, 6.07) is 4.97. The molecule has 3 heterocycles. The number of aryl methyl sites for hydroxylation is 2. The van der Waals surface area contributed by atoms with E-state index in [2.05, 4.69) is 15.4 Å². The van der Waals surface area contributed by atoms with Gasteiger partial charge in [0.25, 0.3) is 0 Å². The van der Waals surface area contributed by atoms with Crippen molar-refractivity contribution in [2.75, 3.05) is 25.1 Å². The van der Waals surface area contributed by atoms with E-state index in [1.807, 2.05) is 19.9 Å². The second-order valence-electron chi connectivity index (χ2n) is 6.45. The highest BCUT2D eigenvalue weighted by Gasteiger charge is 2.34. The second-order valence-corrected chi connectivity index (χ2v) is 6.45. The van der Waals surface area contributed by atoms with E-state index in [0.717, 1.165) is 11.4 Å². The van der Waals surface area contributed by atoms with E-state index in [4.69, 9.17) is 0 Å². The van der Waals surface area contributed by atoms with Crippen LogP contribution in [-0.2, 0) is 0 Å². The molecular formula is C17H23N5O3. The summed E-state index contributed by atoms with van der Waals surface area (Å²) in [5.41, 5.74) is 2.47. The van der Waals surface area contributed by atoms with E-state index in [1.54, 1.807) is 27.9 Å². The summed E-state index contributed by atoms with van der Waals surface area (Å²) in [4.78, 5) is 18.4. The SMILES string of the molecule is Cc1cc(C)n(-c2ccc(NC(=O)N3CC(CO)CC3CO)cn2)n1. The molecule has 134 valence electrons. The minimum absolute atomic E-state index is 0.00873. The molecule has 0 saturated carbocycles. The molecule has 2 unspecified atom stereocenters. The number of pyridine rings is 1. The number of hydrogen-bond donors (Lipinski definition) is 3. The Labute approximate surface area is 146 Å². The van der Waals surface area contributed by atoms with E-state index < -0.39 is 0 Å². The Bertz CT molecular complexity index is 743. The number of anilines is 1. The van der Waals surface area contributed by atoms with Crippen LogP contribution in [0.15, 0.2) is 24.4 Å². The van der Waals surface area contributed by atoms with Crippen molar-refractivity contribution in [1.29, 1.82) is 0 Å². The highest BCUT2D eigenvalue weighted by Crippen LogP contribution is 2.23. The summed E-state index contributed by atoms with van der Waals surface area (Å²) in [6.45, 7) is 4.21. The molecule has 25 heavy (non-hydrogen) atoms. The van der Waals surface area contributed by atoms with Gasteiger partial charge in [-0.05, 0) is 38.5 Å². The summed E-state index contributed by atoms with van der Waals surface area (Å²) < 4.78 is 1.75. The maximum atomic E-state index is 12.4. The van der Waals surface area contributed by atoms with E-state index >= 15 is 0 Å². The molecule has 0 aliphatic carbocycles. The van der Waals surface area contributed by atoms with Gasteiger partial charge in [0.15, 0.2) is 5.82 Å². The number of urea groups is 1. The number of aliphatic hydroxyl groups is 2. The zero-order valence-corrected chi connectivity index (χ0v) is 14.4. The molecule has 3 rings (SSSR count). The number of rotatable bonds is 4. The number of likely N-dealkylation sites (tertiary alicyclic amines) is 1. The van der Waals surface area contributed by atoms with Gasteiger partial charge < -0.3 is 20.4 Å². The Morgan fingerprint density at radius 2 is 2.12 bits per heavy atom. The monoisotopic (exact) mass is 345 g/mol. The Morgan fingerprint density at radius 1 is 1.32 bits per heavy atom. The third-order valence-electron chi connectivity index (χ3n) is 4.46. The van der Waals surface area contributed by atoms with Crippen LogP contribution < -0.4 is 5.32 Å². The lowest BCUT2D eigenvalue weighted by atomic mass is 10.1. The third kappa shape index (κ3) is 3.64. The van der Waals surface area contributed by atoms with Crippen LogP contribution in [0.4, 0.5) is 10.5 Å². The van der Waals surface area contributed by atoms with E-state index in [1.165, 1.54) is 0 Å². The minimum Gasteiger partial charge on any atom is -0.396 e. The van der Waals surface area contributed by atoms with E-state index in [0.29, 0.717) is 24.5 Å². The van der Waals surface area contributed by atoms with E-state index in [9.17, 15) is 15.0 Å². The Morgan fingerprint density at radius 3 is 2.68 bits per heavy atom. The number of carbonyl (C=O) groups excluding carboxylic acids is 1. The molecule has 1 aliphatic rings. The minimum atomic E-state index is -0.296. The van der Waals surface area contributed by atoms with Crippen LogP contribution in [-0.4, -0.2) is 61.7 Å². The van der Waals surface area contributed by atoms with Gasteiger partial charge in [-0.2, -0.15) is 5.10 Å². The summed E-state index contributed by atoms with van der Waals surface area (Å²) in [7, 11) is 0. The fraction of sp³-hybridized carbons (Fsp3) is 0.471. The van der Waals surface area contributed by atoms with Crippen LogP contribution in [0.2, 0.25) is 0 Å². The first-order valence-electron chi connectivity index (χ1n) is 8.31. The predicted octanol–water partition coefficient (Wildman–Crippen LogP) is 1.09. The van der Waals surface area contributed by atoms with Crippen LogP contribution in [0.1, 0.15) is 17.8 Å². The topological polar surface area (TPSA) is 104 Å². The van der Waals surface area contributed by atoms with Crippen molar-refractivity contribution in [2.45, 2.75) is 26.3 Å². The average molecular weight is 345 g/mol. The normalized spacial score (nSPS) is 20.1. The van der Waals surface area contributed by atoms with Gasteiger partial charge in [0.2, 0.25) is 0 Å². The van der Waals surface area contributed by atoms with E-state index in [-0.39, 0.29) is 31.2 Å². The van der Waals surface area contributed by atoms with Crippen LogP contribution in [0.5, 0.6) is 0 Å². The number of amides is 2. The third-order valence-corrected chi connectivity index (χ3v) is 4.46. The Kier molecular flexibility index (Phi) is 5.00. The molecule has 2 amide bonds. The highest BCUT2D eigenvalue weighted by atomic mass is 16.3. The molecular weight excluding hydrogens is 322 g/mol. The lowest BCUT2D eigenvalue weighted by Gasteiger charge is -2.23. The van der Waals surface area contributed by atoms with Gasteiger partial charge in [-0.3, -0.25) is 0 Å². The van der Waals surface area contributed by atoms with Crippen molar-refractivity contribution in [3.8, 4) is 5.82 Å². The summed E-state index contributed by atoms with van der Waals surface area (Å²) in [5.74, 6) is 0.688. The fourth-order valence-corrected chi connectivity index (χ4v) is 3.21. The van der Waals surface area contributed by atoms with Gasteiger partial charge in [0, 0.05) is 24.8 Å². The van der Waals surface area contributed by atoms with Gasteiger partial charge in [0.1, 0.15) is 0 Å². The molecule has 0 aromatic carbocycles. The summed E-state index contributed by atoms with van der Waals surface area (Å²) in [5, 5.41) is 25.9. The molecule has 2 aromatic rings. The Hall–Kier alpha value is -2.45. The van der Waals surface area contributed by atoms with Crippen molar-refractivity contribution in [3.05, 3.63) is 35.8 Å². The standard InChI is InChI=1S/C17H23N5O3/c1-11-5-12(2)22(20-11)16-4-3-14(7-18-16)19-17(25)21-8-13(9-23)6-15(21)10-24/h3-5,7,13,15,23-24H,6,8-10H2,1-2H3,(H,19,25). The smallest absolute Gasteiger partial charge is 0.322 e. The molecule has 1 fully saturated rings. The van der Waals surface area contributed by atoms with Crippen molar-refractivity contribution in [1.82, 2.24) is 19.7 Å². The number of aliphatic hydroxyl groups excluding tert-OH is 2. The lowest BCUT2D eigenvalue weighted by Crippen LogP contribution is -2.40. The van der Waals surface area contributed by atoms with Gasteiger partial charge in [-0.15, -0.1) is 0 Å². The molecule has 0 bridgehead atoms. The van der Waals surface area contributed by atoms with Crippen LogP contribution in [0.3, 0.4) is 0 Å². The average Bonchev–Trinajstić information content (AvgIpc) is 3.18. The molecule has 8 nitrogen and oxygen atoms in total. The summed E-state index contributed by atoms with van der Waals surface area (Å²) >= 11 is 0. The molecule has 0 spiro atoms. The van der Waals surface area contributed by atoms with Gasteiger partial charge in [-0.1, -0.05) is 0 Å². The largest absolute Gasteiger partial charge is 0.396 e. The second kappa shape index (κ2) is 7.20. The molecule has 2 atom stereocenters. The zero-order valence-electron chi connectivity index (χ0n) is 14.4. The van der Waals surface area contributed by atoms with Crippen molar-refractivity contribution < 1.29 is 15.0 Å². The first kappa shape index (κ1) is 17.4. The number of nitrogens with zero attached hydrogens (tertiary/aromatic N) is 4. The van der Waals surface area contributed by atoms with Crippen molar-refractivity contribution in [3.63, 3.8) is 0 Å². The van der Waals surface area contributed by atoms with Crippen LogP contribution in [0, 0.1) is 19.8 Å². The molecule has 8 heteroatoms. The number of carbonyl (C=O) groups is 1. The van der Waals surface area contributed by atoms with Crippen LogP contribution in [0.25, 0.3) is 5.82 Å². The molecule has 0 radical (unpaired) electrons. The predicted molar refractivity (Wildman–Crippen MR) is 92.6 cm³/mol. The van der Waals surface area contributed by atoms with Crippen LogP contribution >= 0.6 is 0 Å². The summed E-state index contributed by atoms with van der Waals surface area (Å²) in [6.07, 6.45) is 2.19. The maximum absolute atomic E-state index is 12.4. The molecule has 1 saturated heterocycles. The maximum Gasteiger partial charge on any atom is 0.322 e. The fourth-order valence-electron chi connectivity index (χ4n) is 3.21. The molecule has 3 N–H and O–H groups in total. The number of aromatic nitrogens is 3.